The summed E-state index contributed by atoms with van der Waals surface area (Å²) in [6.07, 6.45) is -2.75. The molecule has 1 heterocycles. The maximum atomic E-state index is 13.2. The van der Waals surface area contributed by atoms with E-state index in [4.69, 9.17) is 14.2 Å². The lowest BCUT2D eigenvalue weighted by Gasteiger charge is -2.29. The first-order valence-electron chi connectivity index (χ1n) is 14.8. The lowest BCUT2D eigenvalue weighted by Crippen LogP contribution is -2.49. The van der Waals surface area contributed by atoms with Gasteiger partial charge in [0.25, 0.3) is 0 Å². The number of amides is 3. The van der Waals surface area contributed by atoms with Crippen LogP contribution in [-0.2, 0) is 25.4 Å². The van der Waals surface area contributed by atoms with Crippen LogP contribution in [0.1, 0.15) is 43.4 Å². The molecule has 240 valence electrons. The van der Waals surface area contributed by atoms with Crippen LogP contribution in [0.2, 0.25) is 0 Å². The highest BCUT2D eigenvalue weighted by Gasteiger charge is 2.36. The topological polar surface area (TPSA) is 147 Å². The number of methoxy groups -OCH3 is 1. The standard InChI is InChI=1S/C34H36N4O8/c1-34(2,3)46-33(43)38(30-35-17-18-37(30)32(41)42)22-15-13-21(14-16-22)19-28(29(39)44-4)36-31(40)45-20-27-25-11-7-5-9-23(25)24-10-6-8-12-26(24)27/h5-16,27-28H,17-20H2,1-4H3,(H,36,40)(H,41,42). The maximum Gasteiger partial charge on any atom is 0.421 e. The molecule has 46 heavy (non-hydrogen) atoms. The van der Waals surface area contributed by atoms with Gasteiger partial charge in [-0.1, -0.05) is 60.7 Å². The number of carbonyl (C=O) groups excluding carboxylic acids is 3. The molecule has 5 rings (SSSR count). The van der Waals surface area contributed by atoms with Crippen LogP contribution in [0.3, 0.4) is 0 Å². The van der Waals surface area contributed by atoms with E-state index >= 15 is 0 Å². The molecule has 3 aromatic rings. The number of rotatable bonds is 7. The number of aliphatic imine (C=N–C) groups is 1. The summed E-state index contributed by atoms with van der Waals surface area (Å²) in [7, 11) is 1.23. The number of nitrogens with one attached hydrogen (secondary N) is 1. The van der Waals surface area contributed by atoms with E-state index in [-0.39, 0.29) is 38.0 Å². The van der Waals surface area contributed by atoms with Crippen LogP contribution in [0.25, 0.3) is 11.1 Å². The van der Waals surface area contributed by atoms with E-state index in [2.05, 4.69) is 10.3 Å². The largest absolute Gasteiger partial charge is 0.467 e. The van der Waals surface area contributed by atoms with E-state index in [0.717, 1.165) is 32.1 Å². The quantitative estimate of drug-likeness (QED) is 0.261. The average Bonchev–Trinajstić information content (AvgIpc) is 3.63. The molecular weight excluding hydrogens is 592 g/mol. The summed E-state index contributed by atoms with van der Waals surface area (Å²) in [4.78, 5) is 57.0. The zero-order valence-corrected chi connectivity index (χ0v) is 26.1. The summed E-state index contributed by atoms with van der Waals surface area (Å²) < 4.78 is 16.1. The Labute approximate surface area is 266 Å². The molecule has 12 heteroatoms. The van der Waals surface area contributed by atoms with Gasteiger partial charge in [0.15, 0.2) is 0 Å². The van der Waals surface area contributed by atoms with Gasteiger partial charge in [-0.25, -0.2) is 34.0 Å². The second-order valence-electron chi connectivity index (χ2n) is 11.8. The molecule has 0 spiro atoms. The van der Waals surface area contributed by atoms with Gasteiger partial charge in [-0.15, -0.1) is 0 Å². The second kappa shape index (κ2) is 13.3. The monoisotopic (exact) mass is 628 g/mol. The molecule has 2 aliphatic rings. The van der Waals surface area contributed by atoms with Crippen molar-refractivity contribution in [2.75, 3.05) is 31.7 Å². The minimum atomic E-state index is -1.25. The van der Waals surface area contributed by atoms with Crippen molar-refractivity contribution >= 4 is 35.9 Å². The van der Waals surface area contributed by atoms with Gasteiger partial charge < -0.3 is 24.6 Å². The molecule has 1 aliphatic carbocycles. The predicted octanol–water partition coefficient (Wildman–Crippen LogP) is 5.40. The lowest BCUT2D eigenvalue weighted by atomic mass is 9.98. The first-order chi connectivity index (χ1) is 22.0. The van der Waals surface area contributed by atoms with Gasteiger partial charge >= 0.3 is 24.2 Å². The molecule has 0 saturated heterocycles. The number of alkyl carbamates (subject to hydrolysis) is 1. The first kappa shape index (κ1) is 32.0. The van der Waals surface area contributed by atoms with Crippen LogP contribution in [0.4, 0.5) is 20.1 Å². The van der Waals surface area contributed by atoms with Crippen LogP contribution < -0.4 is 10.2 Å². The summed E-state index contributed by atoms with van der Waals surface area (Å²) in [6.45, 7) is 5.49. The molecule has 0 radical (unpaired) electrons. The molecule has 12 nitrogen and oxygen atoms in total. The molecule has 0 aromatic heterocycles. The smallest absolute Gasteiger partial charge is 0.421 e. The number of benzene rings is 3. The van der Waals surface area contributed by atoms with Crippen LogP contribution in [0.5, 0.6) is 0 Å². The van der Waals surface area contributed by atoms with Crippen LogP contribution >= 0.6 is 0 Å². The minimum absolute atomic E-state index is 0.0613. The van der Waals surface area contributed by atoms with Gasteiger partial charge in [0.2, 0.25) is 5.96 Å². The fourth-order valence-corrected chi connectivity index (χ4v) is 5.55. The van der Waals surface area contributed by atoms with Gasteiger partial charge in [-0.2, -0.15) is 0 Å². The predicted molar refractivity (Wildman–Crippen MR) is 170 cm³/mol. The lowest BCUT2D eigenvalue weighted by molar-refractivity contribution is -0.143. The Balaban J connectivity index is 1.28. The molecule has 1 atom stereocenters. The average molecular weight is 629 g/mol. The molecule has 2 N–H and O–H groups in total. The Morgan fingerprint density at radius 1 is 0.978 bits per heavy atom. The summed E-state index contributed by atoms with van der Waals surface area (Å²) in [5.74, 6) is -0.874. The Morgan fingerprint density at radius 2 is 1.59 bits per heavy atom. The van der Waals surface area contributed by atoms with E-state index in [0.29, 0.717) is 11.3 Å². The van der Waals surface area contributed by atoms with Crippen molar-refractivity contribution in [3.63, 3.8) is 0 Å². The third-order valence-corrected chi connectivity index (χ3v) is 7.58. The van der Waals surface area contributed by atoms with Gasteiger partial charge in [-0.05, 0) is 60.7 Å². The normalized spacial score (nSPS) is 14.4. The number of ether oxygens (including phenoxy) is 3. The maximum absolute atomic E-state index is 13.2. The van der Waals surface area contributed by atoms with E-state index in [1.165, 1.54) is 7.11 Å². The molecule has 1 unspecified atom stereocenters. The Bertz CT molecular complexity index is 1620. The number of esters is 1. The molecule has 0 saturated carbocycles. The number of carboxylic acid groups (broad SMARTS) is 1. The third-order valence-electron chi connectivity index (χ3n) is 7.58. The van der Waals surface area contributed by atoms with Crippen molar-refractivity contribution in [2.45, 2.75) is 44.8 Å². The third kappa shape index (κ3) is 6.96. The highest BCUT2D eigenvalue weighted by atomic mass is 16.6. The van der Waals surface area contributed by atoms with E-state index in [1.807, 2.05) is 48.5 Å². The molecular formula is C34H36N4O8. The molecule has 0 bridgehead atoms. The second-order valence-corrected chi connectivity index (χ2v) is 11.8. The van der Waals surface area contributed by atoms with Crippen LogP contribution in [0, 0.1) is 0 Å². The highest BCUT2D eigenvalue weighted by Crippen LogP contribution is 2.44. The number of guanidine groups is 1. The number of hydrogen-bond donors (Lipinski definition) is 2. The van der Waals surface area contributed by atoms with E-state index in [9.17, 15) is 24.3 Å². The van der Waals surface area contributed by atoms with Crippen molar-refractivity contribution in [1.29, 1.82) is 0 Å². The van der Waals surface area contributed by atoms with Crippen molar-refractivity contribution in [3.8, 4) is 11.1 Å². The van der Waals surface area contributed by atoms with Gasteiger partial charge in [0, 0.05) is 12.3 Å². The van der Waals surface area contributed by atoms with Crippen molar-refractivity contribution in [1.82, 2.24) is 10.2 Å². The van der Waals surface area contributed by atoms with Crippen molar-refractivity contribution < 1.29 is 38.5 Å². The number of hydrogen-bond acceptors (Lipinski definition) is 8. The highest BCUT2D eigenvalue weighted by molar-refractivity contribution is 6.17. The number of fused-ring (bicyclic) bond motifs is 3. The van der Waals surface area contributed by atoms with Crippen LogP contribution in [-0.4, -0.2) is 78.7 Å². The number of carbonyl (C=O) groups is 4. The van der Waals surface area contributed by atoms with Gasteiger partial charge in [0.1, 0.15) is 18.2 Å². The Kier molecular flexibility index (Phi) is 9.26. The Hall–Kier alpha value is -5.39. The Morgan fingerprint density at radius 3 is 2.15 bits per heavy atom. The van der Waals surface area contributed by atoms with E-state index < -0.39 is 35.9 Å². The van der Waals surface area contributed by atoms with Gasteiger partial charge in [-0.3, -0.25) is 0 Å². The number of anilines is 1. The minimum Gasteiger partial charge on any atom is -0.467 e. The molecule has 1 aliphatic heterocycles. The summed E-state index contributed by atoms with van der Waals surface area (Å²) >= 11 is 0. The van der Waals surface area contributed by atoms with Gasteiger partial charge in [0.05, 0.1) is 25.9 Å². The summed E-state index contributed by atoms with van der Waals surface area (Å²) in [5.41, 5.74) is 4.43. The fourth-order valence-electron chi connectivity index (χ4n) is 5.55. The van der Waals surface area contributed by atoms with Crippen molar-refractivity contribution in [2.24, 2.45) is 4.99 Å². The number of nitrogens with zero attached hydrogens (tertiary/aromatic N) is 3. The fraction of sp³-hybridized carbons (Fsp3) is 0.324. The van der Waals surface area contributed by atoms with Crippen LogP contribution in [0.15, 0.2) is 77.8 Å². The summed E-state index contributed by atoms with van der Waals surface area (Å²) in [5, 5.41) is 12.3. The zero-order chi connectivity index (χ0) is 33.0. The summed E-state index contributed by atoms with van der Waals surface area (Å²) in [6, 6.07) is 21.4. The zero-order valence-electron chi connectivity index (χ0n) is 26.1. The SMILES string of the molecule is COC(=O)C(Cc1ccc(N(C(=O)OC(C)(C)C)C2=NCCN2C(=O)O)cc1)NC(=O)OCC1c2ccccc2-c2ccccc21. The molecule has 3 aromatic carbocycles. The molecule has 0 fully saturated rings. The van der Waals surface area contributed by atoms with E-state index in [1.54, 1.807) is 45.0 Å². The first-order valence-corrected chi connectivity index (χ1v) is 14.8. The molecule has 3 amide bonds. The van der Waals surface area contributed by atoms with Crippen molar-refractivity contribution in [3.05, 3.63) is 89.5 Å².